The molecular weight excluding hydrogens is 290 g/mol. The van der Waals surface area contributed by atoms with Gasteiger partial charge in [0.25, 0.3) is 5.91 Å². The summed E-state index contributed by atoms with van der Waals surface area (Å²) in [6, 6.07) is 0. The first-order chi connectivity index (χ1) is 9.47. The zero-order chi connectivity index (χ0) is 14.9. The van der Waals surface area contributed by atoms with Gasteiger partial charge in [0.15, 0.2) is 17.0 Å². The highest BCUT2D eigenvalue weighted by Gasteiger charge is 2.24. The highest BCUT2D eigenvalue weighted by atomic mass is 32.1. The largest absolute Gasteiger partial charge is 0.505 e. The number of carbonyl (C=O) groups excluding carboxylic acids is 1. The average molecular weight is 299 g/mol. The molecule has 0 aliphatic heterocycles. The van der Waals surface area contributed by atoms with E-state index in [4.69, 9.17) is 9.94 Å². The Balaban J connectivity index is 2.60. The predicted molar refractivity (Wildman–Crippen MR) is 68.0 cm³/mol. The summed E-state index contributed by atoms with van der Waals surface area (Å²) in [4.78, 5) is 42.9. The van der Waals surface area contributed by atoms with E-state index in [9.17, 15) is 19.5 Å². The van der Waals surface area contributed by atoms with Gasteiger partial charge in [-0.1, -0.05) is 0 Å². The number of nitrogens with zero attached hydrogens (tertiary/aromatic N) is 2. The number of carboxylic acid groups (broad SMARTS) is 1. The maximum atomic E-state index is 12.1. The van der Waals surface area contributed by atoms with Crippen LogP contribution < -0.4 is 15.7 Å². The monoisotopic (exact) mass is 299 g/mol. The molecule has 0 aliphatic rings. The molecule has 106 valence electrons. The number of aromatic nitrogens is 2. The Labute approximate surface area is 115 Å². The predicted octanol–water partition coefficient (Wildman–Crippen LogP) is -0.964. The van der Waals surface area contributed by atoms with E-state index >= 15 is 0 Å². The molecule has 2 aromatic heterocycles. The summed E-state index contributed by atoms with van der Waals surface area (Å²) >= 11 is 1.01. The number of carbonyl (C=O) groups is 2. The second-order valence-electron chi connectivity index (χ2n) is 3.59. The standard InChI is InChI=1S/C10H9N3O6S/c1-19-13-8-7(20-3-12-8)6(16)5(10(13)18)9(17)11-2-4(14)15/h3,16H,2H2,1H3,(H,11,17)(H,14,15). The van der Waals surface area contributed by atoms with Crippen LogP contribution in [0.1, 0.15) is 10.4 Å². The molecule has 2 aromatic rings. The lowest BCUT2D eigenvalue weighted by Gasteiger charge is -2.09. The van der Waals surface area contributed by atoms with Crippen LogP contribution in [-0.4, -0.2) is 45.5 Å². The van der Waals surface area contributed by atoms with Crippen LogP contribution in [0.5, 0.6) is 5.75 Å². The van der Waals surface area contributed by atoms with Gasteiger partial charge in [-0.05, 0) is 0 Å². The Morgan fingerprint density at radius 2 is 2.25 bits per heavy atom. The van der Waals surface area contributed by atoms with Crippen LogP contribution in [0.3, 0.4) is 0 Å². The minimum Gasteiger partial charge on any atom is -0.505 e. The van der Waals surface area contributed by atoms with Crippen LogP contribution in [-0.2, 0) is 4.79 Å². The first-order valence-corrected chi connectivity index (χ1v) is 6.11. The summed E-state index contributed by atoms with van der Waals surface area (Å²) in [7, 11) is 1.20. The molecule has 0 fully saturated rings. The number of pyridine rings is 1. The summed E-state index contributed by atoms with van der Waals surface area (Å²) in [5.41, 5.74) is -0.0657. The topological polar surface area (TPSA) is 131 Å². The summed E-state index contributed by atoms with van der Waals surface area (Å²) in [6.45, 7) is -0.675. The first-order valence-electron chi connectivity index (χ1n) is 5.23. The first kappa shape index (κ1) is 13.8. The molecule has 0 radical (unpaired) electrons. The van der Waals surface area contributed by atoms with Crippen molar-refractivity contribution in [3.8, 4) is 5.75 Å². The number of amides is 1. The fourth-order valence-electron chi connectivity index (χ4n) is 1.58. The Kier molecular flexibility index (Phi) is 3.57. The highest BCUT2D eigenvalue weighted by Crippen LogP contribution is 2.28. The van der Waals surface area contributed by atoms with Crippen molar-refractivity contribution in [2.45, 2.75) is 0 Å². The van der Waals surface area contributed by atoms with E-state index in [1.54, 1.807) is 0 Å². The summed E-state index contributed by atoms with van der Waals surface area (Å²) in [5.74, 6) is -2.83. The number of fused-ring (bicyclic) bond motifs is 1. The molecule has 0 aromatic carbocycles. The lowest BCUT2D eigenvalue weighted by atomic mass is 10.2. The van der Waals surface area contributed by atoms with Gasteiger partial charge in [0.1, 0.15) is 18.4 Å². The second kappa shape index (κ2) is 5.17. The van der Waals surface area contributed by atoms with E-state index in [2.05, 4.69) is 4.98 Å². The number of rotatable bonds is 4. The maximum Gasteiger partial charge on any atom is 0.322 e. The van der Waals surface area contributed by atoms with Crippen molar-refractivity contribution in [3.63, 3.8) is 0 Å². The molecule has 1 amide bonds. The lowest BCUT2D eigenvalue weighted by molar-refractivity contribution is -0.135. The van der Waals surface area contributed by atoms with Crippen molar-refractivity contribution in [1.82, 2.24) is 15.0 Å². The normalized spacial score (nSPS) is 10.4. The number of nitrogens with one attached hydrogen (secondary N) is 1. The van der Waals surface area contributed by atoms with Crippen molar-refractivity contribution >= 4 is 33.6 Å². The molecule has 0 bridgehead atoms. The van der Waals surface area contributed by atoms with Gasteiger partial charge in [-0.25, -0.2) is 4.98 Å². The molecule has 10 heteroatoms. The van der Waals surface area contributed by atoms with E-state index in [1.807, 2.05) is 5.32 Å². The molecule has 2 rings (SSSR count). The molecule has 0 spiro atoms. The Morgan fingerprint density at radius 1 is 1.55 bits per heavy atom. The van der Waals surface area contributed by atoms with Crippen molar-refractivity contribution in [1.29, 1.82) is 0 Å². The number of hydrogen-bond acceptors (Lipinski definition) is 7. The average Bonchev–Trinajstić information content (AvgIpc) is 2.86. The third kappa shape index (κ3) is 2.16. The van der Waals surface area contributed by atoms with Gasteiger partial charge in [0.2, 0.25) is 0 Å². The number of thiazole rings is 1. The molecule has 20 heavy (non-hydrogen) atoms. The molecule has 3 N–H and O–H groups in total. The molecule has 0 saturated carbocycles. The third-order valence-corrected chi connectivity index (χ3v) is 3.22. The van der Waals surface area contributed by atoms with Crippen LogP contribution in [0.2, 0.25) is 0 Å². The fraction of sp³-hybridized carbons (Fsp3) is 0.200. The van der Waals surface area contributed by atoms with Gasteiger partial charge >= 0.3 is 11.5 Å². The molecule has 0 saturated heterocycles. The minimum atomic E-state index is -1.27. The smallest absolute Gasteiger partial charge is 0.322 e. The van der Waals surface area contributed by atoms with Crippen LogP contribution in [0.15, 0.2) is 10.3 Å². The van der Waals surface area contributed by atoms with Crippen LogP contribution in [0.25, 0.3) is 10.3 Å². The SMILES string of the molecule is COn1c(=O)c(C(=O)NCC(=O)O)c(O)c2scnc21. The van der Waals surface area contributed by atoms with Gasteiger partial charge in [0, 0.05) is 0 Å². The number of aromatic hydroxyl groups is 1. The minimum absolute atomic E-state index is 0.0785. The molecule has 0 unspecified atom stereocenters. The Bertz CT molecular complexity index is 749. The molecular formula is C10H9N3O6S. The zero-order valence-electron chi connectivity index (χ0n) is 10.1. The van der Waals surface area contributed by atoms with E-state index in [0.717, 1.165) is 16.1 Å². The quantitative estimate of drug-likeness (QED) is 0.662. The van der Waals surface area contributed by atoms with Crippen molar-refractivity contribution in [3.05, 3.63) is 21.4 Å². The second-order valence-corrected chi connectivity index (χ2v) is 4.44. The van der Waals surface area contributed by atoms with E-state index in [0.29, 0.717) is 0 Å². The van der Waals surface area contributed by atoms with Crippen LogP contribution >= 0.6 is 11.3 Å². The van der Waals surface area contributed by atoms with Crippen molar-refractivity contribution < 1.29 is 24.6 Å². The summed E-state index contributed by atoms with van der Waals surface area (Å²) in [5, 5.41) is 20.5. The lowest BCUT2D eigenvalue weighted by Crippen LogP contribution is -2.37. The number of aliphatic carboxylic acids is 1. The van der Waals surface area contributed by atoms with Gasteiger partial charge in [-0.2, -0.15) is 0 Å². The highest BCUT2D eigenvalue weighted by molar-refractivity contribution is 7.17. The van der Waals surface area contributed by atoms with Gasteiger partial charge in [-0.15, -0.1) is 16.1 Å². The van der Waals surface area contributed by atoms with Crippen LogP contribution in [0.4, 0.5) is 0 Å². The fourth-order valence-corrected chi connectivity index (χ4v) is 2.29. The van der Waals surface area contributed by atoms with Gasteiger partial charge in [0.05, 0.1) is 5.51 Å². The number of hydrogen-bond donors (Lipinski definition) is 3. The number of carboxylic acids is 1. The maximum absolute atomic E-state index is 12.1. The van der Waals surface area contributed by atoms with Crippen LogP contribution in [0, 0.1) is 0 Å². The van der Waals surface area contributed by atoms with Gasteiger partial charge in [-0.3, -0.25) is 14.4 Å². The molecule has 9 nitrogen and oxygen atoms in total. The van der Waals surface area contributed by atoms with E-state index in [-0.39, 0.29) is 10.3 Å². The van der Waals surface area contributed by atoms with Crippen molar-refractivity contribution in [2.24, 2.45) is 0 Å². The Hall–Kier alpha value is -2.62. The van der Waals surface area contributed by atoms with Crippen molar-refractivity contribution in [2.75, 3.05) is 13.7 Å². The molecule has 0 aliphatic carbocycles. The van der Waals surface area contributed by atoms with E-state index < -0.39 is 35.3 Å². The zero-order valence-corrected chi connectivity index (χ0v) is 10.9. The summed E-state index contributed by atoms with van der Waals surface area (Å²) in [6.07, 6.45) is 0. The Morgan fingerprint density at radius 3 is 2.85 bits per heavy atom. The molecule has 0 atom stereocenters. The molecule has 2 heterocycles. The van der Waals surface area contributed by atoms with E-state index in [1.165, 1.54) is 12.6 Å². The summed E-state index contributed by atoms with van der Waals surface area (Å²) < 4.78 is 0.938. The van der Waals surface area contributed by atoms with Gasteiger partial charge < -0.3 is 20.4 Å². The third-order valence-electron chi connectivity index (χ3n) is 2.40.